The van der Waals surface area contributed by atoms with Gasteiger partial charge in [0.05, 0.1) is 28.7 Å². The lowest BCUT2D eigenvalue weighted by atomic mass is 10.1. The van der Waals surface area contributed by atoms with Crippen molar-refractivity contribution >= 4 is 27.8 Å². The number of hydrogen-bond donors (Lipinski definition) is 1. The van der Waals surface area contributed by atoms with Crippen LogP contribution >= 0.6 is 11.3 Å². The van der Waals surface area contributed by atoms with Crippen molar-refractivity contribution in [3.63, 3.8) is 0 Å². The summed E-state index contributed by atoms with van der Waals surface area (Å²) in [6, 6.07) is 13.8. The summed E-state index contributed by atoms with van der Waals surface area (Å²) in [6.45, 7) is 4.30. The van der Waals surface area contributed by atoms with Crippen LogP contribution in [0.2, 0.25) is 0 Å². The van der Waals surface area contributed by atoms with Gasteiger partial charge in [0.15, 0.2) is 5.82 Å². The summed E-state index contributed by atoms with van der Waals surface area (Å²) < 4.78 is 1.91. The lowest BCUT2D eigenvalue weighted by molar-refractivity contribution is 0.389. The van der Waals surface area contributed by atoms with Crippen LogP contribution in [0.5, 0.6) is 0 Å². The third-order valence-electron chi connectivity index (χ3n) is 5.09. The van der Waals surface area contributed by atoms with Crippen molar-refractivity contribution in [1.29, 1.82) is 0 Å². The zero-order valence-electron chi connectivity index (χ0n) is 15.4. The normalized spacial score (nSPS) is 13.4. The summed E-state index contributed by atoms with van der Waals surface area (Å²) in [7, 11) is 0. The number of allylic oxidation sites excluding steroid dienone is 1. The molecule has 0 spiro atoms. The minimum absolute atomic E-state index is 0.187. The molecule has 3 heterocycles. The summed E-state index contributed by atoms with van der Waals surface area (Å²) in [5, 5.41) is 13.9. The highest BCUT2D eigenvalue weighted by molar-refractivity contribution is 7.11. The topological polar surface area (TPSA) is 68.0 Å². The van der Waals surface area contributed by atoms with Crippen LogP contribution in [0, 0.1) is 13.8 Å². The van der Waals surface area contributed by atoms with Gasteiger partial charge in [-0.1, -0.05) is 42.0 Å². The quantitative estimate of drug-likeness (QED) is 0.551. The molecule has 6 heteroatoms. The molecular formula is C22H17N3O2S. The maximum absolute atomic E-state index is 12.6. The number of nitrogens with zero attached hydrogens (tertiary/aromatic N) is 3. The molecule has 5 rings (SSSR count). The highest BCUT2D eigenvalue weighted by atomic mass is 32.1. The average Bonchev–Trinajstić information content (AvgIpc) is 3.27. The van der Waals surface area contributed by atoms with E-state index in [1.807, 2.05) is 60.2 Å². The minimum Gasteiger partial charge on any atom is -0.510 e. The molecule has 2 aromatic carbocycles. The lowest BCUT2D eigenvalue weighted by Crippen LogP contribution is -2.16. The van der Waals surface area contributed by atoms with E-state index in [9.17, 15) is 9.90 Å². The van der Waals surface area contributed by atoms with Gasteiger partial charge in [0.1, 0.15) is 10.8 Å². The maximum atomic E-state index is 12.6. The van der Waals surface area contributed by atoms with Gasteiger partial charge in [-0.2, -0.15) is 4.98 Å². The smallest absolute Gasteiger partial charge is 0.281 e. The van der Waals surface area contributed by atoms with Gasteiger partial charge in [-0.25, -0.2) is 4.98 Å². The van der Waals surface area contributed by atoms with Crippen LogP contribution in [0.25, 0.3) is 27.7 Å². The number of para-hydroxylation sites is 1. The maximum Gasteiger partial charge on any atom is 0.281 e. The van der Waals surface area contributed by atoms with Crippen LogP contribution in [0.15, 0.2) is 58.4 Å². The van der Waals surface area contributed by atoms with Crippen molar-refractivity contribution in [2.45, 2.75) is 20.4 Å². The van der Waals surface area contributed by atoms with Gasteiger partial charge in [-0.15, -0.1) is 11.3 Å². The first-order chi connectivity index (χ1) is 13.5. The number of fused-ring (bicyclic) bond motifs is 3. The Labute approximate surface area is 165 Å². The van der Waals surface area contributed by atoms with Crippen molar-refractivity contribution in [2.75, 3.05) is 0 Å². The van der Waals surface area contributed by atoms with Crippen molar-refractivity contribution < 1.29 is 5.11 Å². The van der Waals surface area contributed by atoms with E-state index in [1.165, 1.54) is 16.9 Å². The van der Waals surface area contributed by atoms with E-state index in [-0.39, 0.29) is 11.3 Å². The van der Waals surface area contributed by atoms with E-state index in [4.69, 9.17) is 4.98 Å². The Morgan fingerprint density at radius 3 is 2.64 bits per heavy atom. The third kappa shape index (κ3) is 2.49. The van der Waals surface area contributed by atoms with Crippen LogP contribution in [0.1, 0.15) is 22.0 Å². The molecule has 0 radical (unpaired) electrons. The molecule has 0 aliphatic carbocycles. The molecule has 4 aromatic rings. The van der Waals surface area contributed by atoms with E-state index in [1.54, 1.807) is 6.07 Å². The number of benzene rings is 2. The predicted octanol–water partition coefficient (Wildman–Crippen LogP) is 4.47. The van der Waals surface area contributed by atoms with Gasteiger partial charge in [0.2, 0.25) is 0 Å². The second-order valence-corrected chi connectivity index (χ2v) is 7.88. The van der Waals surface area contributed by atoms with Crippen molar-refractivity contribution in [3.05, 3.63) is 85.9 Å². The molecule has 0 atom stereocenters. The van der Waals surface area contributed by atoms with Crippen molar-refractivity contribution in [3.8, 4) is 11.3 Å². The molecule has 0 amide bonds. The fraction of sp³-hybridized carbons (Fsp3) is 0.136. The Balaban J connectivity index is 1.67. The summed E-state index contributed by atoms with van der Waals surface area (Å²) in [4.78, 5) is 21.6. The Morgan fingerprint density at radius 1 is 1.07 bits per heavy atom. The van der Waals surface area contributed by atoms with Crippen LogP contribution in [-0.4, -0.2) is 19.6 Å². The number of aromatic nitrogens is 3. The van der Waals surface area contributed by atoms with Crippen molar-refractivity contribution in [1.82, 2.24) is 14.5 Å². The first kappa shape index (κ1) is 16.9. The predicted molar refractivity (Wildman–Crippen MR) is 112 cm³/mol. The molecular weight excluding hydrogens is 370 g/mol. The van der Waals surface area contributed by atoms with Gasteiger partial charge in [-0.05, 0) is 25.5 Å². The molecule has 0 saturated heterocycles. The van der Waals surface area contributed by atoms with Crippen molar-refractivity contribution in [2.24, 2.45) is 0 Å². The molecule has 0 unspecified atom stereocenters. The van der Waals surface area contributed by atoms with E-state index in [2.05, 4.69) is 4.98 Å². The Kier molecular flexibility index (Phi) is 3.70. The molecule has 138 valence electrons. The summed E-state index contributed by atoms with van der Waals surface area (Å²) in [5.41, 5.74) is 5.11. The Morgan fingerprint density at radius 2 is 1.86 bits per heavy atom. The van der Waals surface area contributed by atoms with E-state index in [0.29, 0.717) is 28.3 Å². The molecule has 0 bridgehead atoms. The molecule has 0 saturated carbocycles. The van der Waals surface area contributed by atoms with E-state index in [0.717, 1.165) is 22.3 Å². The fourth-order valence-corrected chi connectivity index (χ4v) is 4.57. The first-order valence-electron chi connectivity index (χ1n) is 8.98. The molecule has 2 aromatic heterocycles. The molecule has 0 fully saturated rings. The number of aliphatic hydroxyl groups is 1. The first-order valence-corrected chi connectivity index (χ1v) is 9.86. The number of aliphatic hydroxyl groups excluding tert-OH is 1. The molecule has 28 heavy (non-hydrogen) atoms. The molecule has 5 nitrogen and oxygen atoms in total. The molecule has 1 aliphatic rings. The number of thiazole rings is 1. The van der Waals surface area contributed by atoms with E-state index >= 15 is 0 Å². The van der Waals surface area contributed by atoms with Crippen LogP contribution in [0.3, 0.4) is 0 Å². The Bertz CT molecular complexity index is 1330. The van der Waals surface area contributed by atoms with Gasteiger partial charge in [-0.3, -0.25) is 4.79 Å². The Hall–Kier alpha value is -3.25. The fourth-order valence-electron chi connectivity index (χ4n) is 3.68. The zero-order chi connectivity index (χ0) is 19.4. The average molecular weight is 387 g/mol. The highest BCUT2D eigenvalue weighted by Crippen LogP contribution is 2.36. The number of aryl methyl sites for hydroxylation is 2. The summed E-state index contributed by atoms with van der Waals surface area (Å²) in [5.74, 6) is 0.668. The van der Waals surface area contributed by atoms with E-state index < -0.39 is 0 Å². The summed E-state index contributed by atoms with van der Waals surface area (Å²) >= 11 is 1.44. The van der Waals surface area contributed by atoms with Crippen LogP contribution < -0.4 is 5.56 Å². The SMILES string of the molecule is Cc1ccc(-c2csc(C3=C(O)Cn4c3nc(=O)c3cccc(C)c34)n2)cc1. The van der Waals surface area contributed by atoms with Crippen LogP contribution in [0.4, 0.5) is 0 Å². The van der Waals surface area contributed by atoms with Gasteiger partial charge in [0.25, 0.3) is 5.56 Å². The standard InChI is InChI=1S/C22H17N3O2S/c1-12-6-8-14(9-7-12)16-11-28-22(23-16)18-17(26)10-25-19-13(2)4-3-5-15(19)21(27)24-20(18)25/h3-9,11,26H,10H2,1-2H3. The van der Waals surface area contributed by atoms with Crippen LogP contribution in [-0.2, 0) is 6.54 Å². The highest BCUT2D eigenvalue weighted by Gasteiger charge is 2.28. The van der Waals surface area contributed by atoms with Gasteiger partial charge >= 0.3 is 0 Å². The number of rotatable bonds is 2. The monoisotopic (exact) mass is 387 g/mol. The summed E-state index contributed by atoms with van der Waals surface area (Å²) in [6.07, 6.45) is 0. The largest absolute Gasteiger partial charge is 0.510 e. The second-order valence-electron chi connectivity index (χ2n) is 7.02. The second kappa shape index (κ2) is 6.14. The number of hydrogen-bond acceptors (Lipinski definition) is 5. The van der Waals surface area contributed by atoms with Gasteiger partial charge < -0.3 is 9.67 Å². The lowest BCUT2D eigenvalue weighted by Gasteiger charge is -2.11. The zero-order valence-corrected chi connectivity index (χ0v) is 16.2. The van der Waals surface area contributed by atoms with Gasteiger partial charge in [0, 0.05) is 10.9 Å². The molecule has 1 N–H and O–H groups in total. The third-order valence-corrected chi connectivity index (χ3v) is 5.95. The molecule has 1 aliphatic heterocycles. The minimum atomic E-state index is -0.285.